The minimum absolute atomic E-state index is 0.0235. The molecule has 0 radical (unpaired) electrons. The molecule has 7 rings (SSSR count). The predicted molar refractivity (Wildman–Crippen MR) is 264 cm³/mol. The highest BCUT2D eigenvalue weighted by Gasteiger charge is 2.27. The Morgan fingerprint density at radius 3 is 1.73 bits per heavy atom. The molecule has 24 nitrogen and oxygen atoms in total. The first-order chi connectivity index (χ1) is 34.7. The molecule has 380 valence electrons. The molecule has 0 saturated carbocycles. The minimum Gasteiger partial charge on any atom is -0.505 e. The first-order valence-electron chi connectivity index (χ1n) is 19.5. The number of nitrogens with one attached hydrogen (secondary N) is 2. The summed E-state index contributed by atoms with van der Waals surface area (Å²) >= 11 is 19.3. The van der Waals surface area contributed by atoms with E-state index in [1.165, 1.54) is 80.9 Å². The molecule has 0 aliphatic rings. The number of aromatic hydroxyl groups is 2. The Labute approximate surface area is 433 Å². The predicted octanol–water partition coefficient (Wildman–Crippen LogP) is 12.1. The summed E-state index contributed by atoms with van der Waals surface area (Å²) in [4.78, 5) is 25.1. The van der Waals surface area contributed by atoms with Gasteiger partial charge in [0.1, 0.15) is 39.1 Å². The van der Waals surface area contributed by atoms with Gasteiger partial charge in [0, 0.05) is 27.8 Å². The molecule has 0 unspecified atom stereocenters. The van der Waals surface area contributed by atoms with Crippen LogP contribution in [0.1, 0.15) is 20.7 Å². The van der Waals surface area contributed by atoms with Crippen molar-refractivity contribution in [3.8, 4) is 23.0 Å². The number of ether oxygens (including phenoxy) is 2. The summed E-state index contributed by atoms with van der Waals surface area (Å²) in [5.74, 6) is -3.70. The maximum atomic E-state index is 13.5. The maximum Gasteiger partial charge on any atom is 0.296 e. The first-order valence-corrected chi connectivity index (χ1v) is 25.0. The molecule has 0 aliphatic heterocycles. The molecule has 7 aromatic carbocycles. The summed E-state index contributed by atoms with van der Waals surface area (Å²) in [5.41, 5.74) is -2.36. The molecular weight excluding hydrogens is 1110 g/mol. The second kappa shape index (κ2) is 22.8. The van der Waals surface area contributed by atoms with Crippen LogP contribution in [0, 0.1) is 0 Å². The Hall–Kier alpha value is -6.45. The number of fused-ring (bicyclic) bond motifs is 2. The lowest BCUT2D eigenvalue weighted by molar-refractivity contribution is -0.432. The van der Waals surface area contributed by atoms with E-state index in [1.54, 1.807) is 6.07 Å². The molecule has 31 heteroatoms. The molecule has 8 N–H and O–H groups in total. The van der Waals surface area contributed by atoms with E-state index in [9.17, 15) is 45.7 Å². The summed E-state index contributed by atoms with van der Waals surface area (Å²) in [7, 11) is -7.78. The van der Waals surface area contributed by atoms with Crippen molar-refractivity contribution in [2.24, 2.45) is 20.5 Å². The van der Waals surface area contributed by atoms with Gasteiger partial charge in [-0.25, -0.2) is 10.5 Å². The Balaban J connectivity index is 1.34. The second-order valence-corrected chi connectivity index (χ2v) is 19.8. The van der Waals surface area contributed by atoms with E-state index in [0.29, 0.717) is 12.0 Å². The largest absolute Gasteiger partial charge is 0.505 e. The number of nitrogens with zero attached hydrogens (tertiary/aromatic N) is 4. The molecule has 73 heavy (non-hydrogen) atoms. The van der Waals surface area contributed by atoms with Crippen molar-refractivity contribution in [2.45, 2.75) is 19.6 Å². The van der Waals surface area contributed by atoms with Crippen molar-refractivity contribution < 1.29 is 84.5 Å². The van der Waals surface area contributed by atoms with E-state index < -0.39 is 64.7 Å². The molecule has 0 heterocycles. The Morgan fingerprint density at radius 2 is 1.14 bits per heavy atom. The van der Waals surface area contributed by atoms with Crippen LogP contribution in [-0.4, -0.2) is 72.7 Å². The Kier molecular flexibility index (Phi) is 16.9. The van der Waals surface area contributed by atoms with Gasteiger partial charge in [-0.1, -0.05) is 63.1 Å². The molecule has 0 aromatic heterocycles. The summed E-state index contributed by atoms with van der Waals surface area (Å²) < 4.78 is 90.8. The zero-order valence-electron chi connectivity index (χ0n) is 36.3. The number of benzene rings is 7. The lowest BCUT2D eigenvalue weighted by Gasteiger charge is -2.16. The summed E-state index contributed by atoms with van der Waals surface area (Å²) in [6, 6.07) is 18.8. The monoisotopic (exact) mass is 1140 g/mol. The van der Waals surface area contributed by atoms with Crippen molar-refractivity contribution in [2.75, 3.05) is 24.9 Å². The summed E-state index contributed by atoms with van der Waals surface area (Å²) in [5, 5.41) is 69.3. The molecule has 7 aromatic rings. The smallest absolute Gasteiger partial charge is 0.296 e. The van der Waals surface area contributed by atoms with Crippen LogP contribution in [0.3, 0.4) is 0 Å². The Morgan fingerprint density at radius 1 is 0.603 bits per heavy atom. The van der Waals surface area contributed by atoms with Crippen molar-refractivity contribution in [3.63, 3.8) is 0 Å². The molecule has 0 bridgehead atoms. The van der Waals surface area contributed by atoms with Crippen LogP contribution in [0.2, 0.25) is 15.1 Å². The third-order valence-corrected chi connectivity index (χ3v) is 14.0. The summed E-state index contributed by atoms with van der Waals surface area (Å²) in [6.45, 7) is 0. The fraction of sp³-hybridized carbons (Fsp3) is 0.0476. The third-order valence-electron chi connectivity index (χ3n) is 9.94. The van der Waals surface area contributed by atoms with E-state index in [-0.39, 0.29) is 104 Å². The average molecular weight is 1140 g/mol. The van der Waals surface area contributed by atoms with Crippen molar-refractivity contribution in [1.29, 1.82) is 0 Å². The maximum absolute atomic E-state index is 13.5. The molecule has 2 amide bonds. The lowest BCUT2D eigenvalue weighted by Crippen LogP contribution is -2.13. The standard InChI is InChI=1S/C42H29Cl3N6O18S4/c1-64-30-17-27(49-51-38-33(73(61,62)63)13-18-10-20(70-68-66-56)14-28(34(18)40(38)53)46-42(55)23-7-5-9-25(44)36(23)45)31(65-2)16-26(30)48-50-37-32(71-69-67-57)12-19-11-21(72(58,59)60)15-29(35(19)39(37)52)47-41(54)22-6-3-4-8-24(22)43/h3-17,52-53,56-57H,1-2H3,(H,46,55)(H,47,54)(H,58,59,60)(H,61,62,63). The second-order valence-electron chi connectivity index (χ2n) is 14.3. The number of methoxy groups -OCH3 is 2. The summed E-state index contributed by atoms with van der Waals surface area (Å²) in [6.07, 6.45) is 0. The zero-order chi connectivity index (χ0) is 52.9. The number of phenols is 2. The number of carbonyl (C=O) groups excluding carboxylic acids is 2. The van der Waals surface area contributed by atoms with Gasteiger partial charge in [-0.05, 0) is 71.4 Å². The SMILES string of the molecule is COc1cc(N=Nc2c(S(=O)(=O)O)cc3cc(SOOO)cc(NC(=O)c4cccc(Cl)c4Cl)c3c2O)c(OC)cc1N=Nc1c(SOOO)cc2cc(S(=O)(=O)O)cc(NC(=O)c3ccccc3Cl)c2c1O. The van der Waals surface area contributed by atoms with E-state index in [4.69, 9.17) is 54.8 Å². The van der Waals surface area contributed by atoms with E-state index in [0.717, 1.165) is 18.2 Å². The third kappa shape index (κ3) is 12.0. The van der Waals surface area contributed by atoms with Gasteiger partial charge in [0.05, 0.1) is 85.7 Å². The molecule has 0 saturated heterocycles. The van der Waals surface area contributed by atoms with Crippen molar-refractivity contribution in [1.82, 2.24) is 0 Å². The number of phenolic OH excluding ortho intramolecular Hbond substituents is 2. The van der Waals surface area contributed by atoms with E-state index in [1.807, 2.05) is 0 Å². The number of amides is 2. The normalized spacial score (nSPS) is 12.0. The highest BCUT2D eigenvalue weighted by molar-refractivity contribution is 7.95. The van der Waals surface area contributed by atoms with Crippen LogP contribution < -0.4 is 20.1 Å². The average Bonchev–Trinajstić information content (AvgIpc) is 3.34. The van der Waals surface area contributed by atoms with Gasteiger partial charge in [0.25, 0.3) is 32.1 Å². The molecule has 0 atom stereocenters. The van der Waals surface area contributed by atoms with Crippen LogP contribution in [0.25, 0.3) is 21.5 Å². The topological polar surface area (TPSA) is 353 Å². The molecule has 0 spiro atoms. The quantitative estimate of drug-likeness (QED) is 0.0130. The molecule has 0 aliphatic carbocycles. The highest BCUT2D eigenvalue weighted by Crippen LogP contribution is 2.50. The Bertz CT molecular complexity index is 3670. The number of hydrogen-bond donors (Lipinski definition) is 8. The first kappa shape index (κ1) is 54.3. The number of anilines is 2. The number of hydrogen-bond acceptors (Lipinski definition) is 22. The lowest BCUT2D eigenvalue weighted by atomic mass is 10.1. The van der Waals surface area contributed by atoms with Crippen LogP contribution in [0.15, 0.2) is 131 Å². The molecular formula is C42H29Cl3N6O18S4. The fourth-order valence-electron chi connectivity index (χ4n) is 6.81. The number of halogens is 3. The zero-order valence-corrected chi connectivity index (χ0v) is 41.8. The van der Waals surface area contributed by atoms with Gasteiger partial charge in [-0.3, -0.25) is 18.7 Å². The van der Waals surface area contributed by atoms with Crippen molar-refractivity contribution in [3.05, 3.63) is 117 Å². The van der Waals surface area contributed by atoms with Gasteiger partial charge in [0.2, 0.25) is 0 Å². The van der Waals surface area contributed by atoms with Gasteiger partial charge in [-0.2, -0.15) is 16.8 Å². The fourth-order valence-corrected chi connectivity index (χ4v) is 9.56. The van der Waals surface area contributed by atoms with Gasteiger partial charge in [-0.15, -0.1) is 29.1 Å². The number of rotatable bonds is 18. The highest BCUT2D eigenvalue weighted by atomic mass is 35.5. The minimum atomic E-state index is -5.23. The van der Waals surface area contributed by atoms with E-state index in [2.05, 4.69) is 49.8 Å². The van der Waals surface area contributed by atoms with Crippen LogP contribution in [0.5, 0.6) is 23.0 Å². The van der Waals surface area contributed by atoms with Gasteiger partial charge < -0.3 is 30.3 Å². The van der Waals surface area contributed by atoms with E-state index >= 15 is 0 Å². The van der Waals surface area contributed by atoms with Crippen molar-refractivity contribution >= 4 is 147 Å². The van der Waals surface area contributed by atoms with Gasteiger partial charge in [0.15, 0.2) is 11.5 Å². The van der Waals surface area contributed by atoms with Crippen LogP contribution in [0.4, 0.5) is 34.1 Å². The van der Waals surface area contributed by atoms with Gasteiger partial charge >= 0.3 is 0 Å². The van der Waals surface area contributed by atoms with Crippen LogP contribution >= 0.6 is 58.9 Å². The number of azo groups is 2. The van der Waals surface area contributed by atoms with Crippen LogP contribution in [-0.2, 0) is 39.0 Å². The number of carbonyl (C=O) groups is 2. The molecule has 0 fully saturated rings.